The van der Waals surface area contributed by atoms with Gasteiger partial charge in [0.1, 0.15) is 5.60 Å². The maximum absolute atomic E-state index is 11.3. The molecule has 6 nitrogen and oxygen atoms in total. The molecule has 0 fully saturated rings. The van der Waals surface area contributed by atoms with Gasteiger partial charge in [0.2, 0.25) is 5.91 Å². The Bertz CT molecular complexity index is 285. The van der Waals surface area contributed by atoms with E-state index < -0.39 is 11.7 Å². The van der Waals surface area contributed by atoms with Gasteiger partial charge < -0.3 is 20.1 Å². The molecule has 0 aromatic carbocycles. The minimum Gasteiger partial charge on any atom is -0.444 e. The van der Waals surface area contributed by atoms with Gasteiger partial charge >= 0.3 is 6.09 Å². The van der Waals surface area contributed by atoms with Gasteiger partial charge in [-0.1, -0.05) is 0 Å². The zero-order valence-corrected chi connectivity index (χ0v) is 12.5. The zero-order chi connectivity index (χ0) is 14.9. The van der Waals surface area contributed by atoms with E-state index in [1.807, 2.05) is 13.8 Å². The van der Waals surface area contributed by atoms with E-state index >= 15 is 0 Å². The second-order valence-corrected chi connectivity index (χ2v) is 5.51. The first kappa shape index (κ1) is 17.7. The lowest BCUT2D eigenvalue weighted by atomic mass is 10.2. The minimum atomic E-state index is -0.500. The summed E-state index contributed by atoms with van der Waals surface area (Å²) in [6, 6.07) is 0.140. The lowest BCUT2D eigenvalue weighted by Gasteiger charge is -2.19. The van der Waals surface area contributed by atoms with E-state index in [4.69, 9.17) is 9.47 Å². The molecule has 0 spiro atoms. The number of carbonyl (C=O) groups excluding carboxylic acids is 2. The van der Waals surface area contributed by atoms with E-state index in [0.717, 1.165) is 0 Å². The molecular weight excluding hydrogens is 248 g/mol. The molecule has 0 rings (SSSR count). The molecule has 0 saturated carbocycles. The van der Waals surface area contributed by atoms with Crippen LogP contribution in [0.4, 0.5) is 4.79 Å². The lowest BCUT2D eigenvalue weighted by Crippen LogP contribution is -2.34. The molecule has 0 aliphatic rings. The van der Waals surface area contributed by atoms with Gasteiger partial charge in [0.25, 0.3) is 0 Å². The van der Waals surface area contributed by atoms with E-state index in [1.54, 1.807) is 20.8 Å². The Morgan fingerprint density at radius 2 is 1.79 bits per heavy atom. The molecule has 0 saturated heterocycles. The van der Waals surface area contributed by atoms with Crippen molar-refractivity contribution in [2.45, 2.75) is 52.7 Å². The summed E-state index contributed by atoms with van der Waals surface area (Å²) in [7, 11) is 0. The summed E-state index contributed by atoms with van der Waals surface area (Å²) in [5.74, 6) is -0.0323. The summed E-state index contributed by atoms with van der Waals surface area (Å²) in [6.45, 7) is 10.3. The highest BCUT2D eigenvalue weighted by molar-refractivity contribution is 5.76. The molecule has 0 aliphatic carbocycles. The Labute approximate surface area is 115 Å². The van der Waals surface area contributed by atoms with Crippen molar-refractivity contribution in [3.05, 3.63) is 0 Å². The van der Waals surface area contributed by atoms with E-state index in [2.05, 4.69) is 10.6 Å². The predicted octanol–water partition coefficient (Wildman–Crippen LogP) is 1.44. The van der Waals surface area contributed by atoms with Crippen LogP contribution in [0.5, 0.6) is 0 Å². The largest absolute Gasteiger partial charge is 0.444 e. The average molecular weight is 274 g/mol. The highest BCUT2D eigenvalue weighted by atomic mass is 16.6. The van der Waals surface area contributed by atoms with Crippen LogP contribution in [-0.4, -0.2) is 43.4 Å². The molecule has 2 N–H and O–H groups in total. The van der Waals surface area contributed by atoms with Gasteiger partial charge in [-0.3, -0.25) is 4.79 Å². The van der Waals surface area contributed by atoms with Crippen molar-refractivity contribution in [3.8, 4) is 0 Å². The number of hydrogen-bond acceptors (Lipinski definition) is 4. The third-order valence-electron chi connectivity index (χ3n) is 1.84. The summed E-state index contributed by atoms with van der Waals surface area (Å²) >= 11 is 0. The van der Waals surface area contributed by atoms with Gasteiger partial charge in [-0.15, -0.1) is 0 Å². The number of carbonyl (C=O) groups is 2. The summed E-state index contributed by atoms with van der Waals surface area (Å²) in [6.07, 6.45) is -0.140. The number of hydrogen-bond donors (Lipinski definition) is 2. The molecule has 0 atom stereocenters. The molecular formula is C13H26N2O4. The highest BCUT2D eigenvalue weighted by Gasteiger charge is 2.15. The number of nitrogens with one attached hydrogen (secondary N) is 2. The fourth-order valence-corrected chi connectivity index (χ4v) is 1.20. The smallest absolute Gasteiger partial charge is 0.407 e. The van der Waals surface area contributed by atoms with Gasteiger partial charge in [0.15, 0.2) is 0 Å². The van der Waals surface area contributed by atoms with Crippen LogP contribution in [0, 0.1) is 0 Å². The monoisotopic (exact) mass is 274 g/mol. The molecule has 0 bridgehead atoms. The van der Waals surface area contributed by atoms with Gasteiger partial charge in [-0.25, -0.2) is 4.79 Å². The van der Waals surface area contributed by atoms with E-state index in [9.17, 15) is 9.59 Å². The minimum absolute atomic E-state index is 0.0323. The summed E-state index contributed by atoms with van der Waals surface area (Å²) in [4.78, 5) is 22.5. The van der Waals surface area contributed by atoms with Crippen LogP contribution in [-0.2, 0) is 14.3 Å². The quantitative estimate of drug-likeness (QED) is 0.689. The Morgan fingerprint density at radius 1 is 1.16 bits per heavy atom. The third-order valence-corrected chi connectivity index (χ3v) is 1.84. The standard InChI is InChI=1S/C13H26N2O4/c1-10(2)15-11(16)6-8-18-9-7-14-12(17)19-13(3,4)5/h10H,6-9H2,1-5H3,(H,14,17)(H,15,16). The predicted molar refractivity (Wildman–Crippen MR) is 73.0 cm³/mol. The molecule has 0 aliphatic heterocycles. The summed E-state index contributed by atoms with van der Waals surface area (Å²) < 4.78 is 10.3. The summed E-state index contributed by atoms with van der Waals surface area (Å²) in [5, 5.41) is 5.34. The maximum atomic E-state index is 11.3. The second-order valence-electron chi connectivity index (χ2n) is 5.51. The number of amides is 2. The maximum Gasteiger partial charge on any atom is 0.407 e. The van der Waals surface area contributed by atoms with Crippen molar-refractivity contribution in [1.82, 2.24) is 10.6 Å². The molecule has 19 heavy (non-hydrogen) atoms. The molecule has 0 radical (unpaired) electrons. The van der Waals surface area contributed by atoms with E-state index in [0.29, 0.717) is 26.2 Å². The van der Waals surface area contributed by atoms with Crippen molar-refractivity contribution in [2.24, 2.45) is 0 Å². The fourth-order valence-electron chi connectivity index (χ4n) is 1.20. The van der Waals surface area contributed by atoms with Crippen molar-refractivity contribution in [2.75, 3.05) is 19.8 Å². The Hall–Kier alpha value is -1.30. The van der Waals surface area contributed by atoms with Crippen LogP contribution in [0.1, 0.15) is 41.0 Å². The van der Waals surface area contributed by atoms with Gasteiger partial charge in [0, 0.05) is 19.0 Å². The third kappa shape index (κ3) is 12.9. The summed E-state index contributed by atoms with van der Waals surface area (Å²) in [5.41, 5.74) is -0.500. The van der Waals surface area contributed by atoms with Crippen molar-refractivity contribution < 1.29 is 19.1 Å². The van der Waals surface area contributed by atoms with Gasteiger partial charge in [-0.2, -0.15) is 0 Å². The van der Waals surface area contributed by atoms with Crippen molar-refractivity contribution in [3.63, 3.8) is 0 Å². The Balaban J connectivity index is 3.46. The molecule has 0 unspecified atom stereocenters. The van der Waals surface area contributed by atoms with Crippen LogP contribution < -0.4 is 10.6 Å². The van der Waals surface area contributed by atoms with Crippen LogP contribution in [0.15, 0.2) is 0 Å². The molecule has 112 valence electrons. The molecule has 0 aromatic heterocycles. The molecule has 0 heterocycles. The second kappa shape index (κ2) is 8.74. The Kier molecular flexibility index (Phi) is 8.14. The van der Waals surface area contributed by atoms with Crippen LogP contribution >= 0.6 is 0 Å². The first-order valence-electron chi connectivity index (χ1n) is 6.54. The SMILES string of the molecule is CC(C)NC(=O)CCOCCNC(=O)OC(C)(C)C. The topological polar surface area (TPSA) is 76.7 Å². The van der Waals surface area contributed by atoms with Gasteiger partial charge in [-0.05, 0) is 34.6 Å². The fraction of sp³-hybridized carbons (Fsp3) is 0.846. The number of ether oxygens (including phenoxy) is 2. The first-order valence-corrected chi connectivity index (χ1v) is 6.54. The van der Waals surface area contributed by atoms with Crippen molar-refractivity contribution in [1.29, 1.82) is 0 Å². The molecule has 2 amide bonds. The Morgan fingerprint density at radius 3 is 2.32 bits per heavy atom. The van der Waals surface area contributed by atoms with Gasteiger partial charge in [0.05, 0.1) is 13.2 Å². The molecule has 0 aromatic rings. The number of rotatable bonds is 7. The van der Waals surface area contributed by atoms with Crippen LogP contribution in [0.2, 0.25) is 0 Å². The van der Waals surface area contributed by atoms with E-state index in [1.165, 1.54) is 0 Å². The highest BCUT2D eigenvalue weighted by Crippen LogP contribution is 2.05. The average Bonchev–Trinajstić information content (AvgIpc) is 2.19. The van der Waals surface area contributed by atoms with E-state index in [-0.39, 0.29) is 11.9 Å². The number of alkyl carbamates (subject to hydrolysis) is 1. The lowest BCUT2D eigenvalue weighted by molar-refractivity contribution is -0.122. The van der Waals surface area contributed by atoms with Crippen LogP contribution in [0.25, 0.3) is 0 Å². The molecule has 6 heteroatoms. The normalized spacial score (nSPS) is 11.3. The first-order chi connectivity index (χ1) is 8.70. The van der Waals surface area contributed by atoms with Crippen LogP contribution in [0.3, 0.4) is 0 Å². The zero-order valence-electron chi connectivity index (χ0n) is 12.5. The van der Waals surface area contributed by atoms with Crippen molar-refractivity contribution >= 4 is 12.0 Å².